The molecule has 2 aromatic carbocycles. The van der Waals surface area contributed by atoms with E-state index in [0.717, 1.165) is 0 Å². The second-order valence-corrected chi connectivity index (χ2v) is 4.23. The van der Waals surface area contributed by atoms with Crippen molar-refractivity contribution in [3.05, 3.63) is 52.8 Å². The zero-order valence-electron chi connectivity index (χ0n) is 9.16. The Bertz CT molecular complexity index is 573. The summed E-state index contributed by atoms with van der Waals surface area (Å²) in [4.78, 5) is 0. The minimum atomic E-state index is -0.678. The normalized spacial score (nSPS) is 10.4. The highest BCUT2D eigenvalue weighted by Crippen LogP contribution is 2.37. The van der Waals surface area contributed by atoms with Crippen molar-refractivity contribution in [3.8, 4) is 17.2 Å². The van der Waals surface area contributed by atoms with Gasteiger partial charge in [0.25, 0.3) is 0 Å². The molecule has 0 saturated carbocycles. The van der Waals surface area contributed by atoms with E-state index in [0.29, 0.717) is 5.56 Å². The highest BCUT2D eigenvalue weighted by molar-refractivity contribution is 6.30. The lowest BCUT2D eigenvalue weighted by atomic mass is 10.2. The number of ether oxygens (including phenoxy) is 1. The van der Waals surface area contributed by atoms with Crippen LogP contribution in [0.25, 0.3) is 0 Å². The van der Waals surface area contributed by atoms with Crippen LogP contribution < -0.4 is 4.74 Å². The van der Waals surface area contributed by atoms with Crippen molar-refractivity contribution in [2.45, 2.75) is 5.88 Å². The van der Waals surface area contributed by atoms with Gasteiger partial charge in [0.2, 0.25) is 0 Å². The highest BCUT2D eigenvalue weighted by Gasteiger charge is 2.13. The molecule has 0 amide bonds. The molecule has 5 heteroatoms. The Morgan fingerprint density at radius 3 is 2.61 bits per heavy atom. The number of aromatic hydroxyl groups is 1. The van der Waals surface area contributed by atoms with Gasteiger partial charge in [-0.2, -0.15) is 0 Å². The van der Waals surface area contributed by atoms with E-state index in [4.69, 9.17) is 27.9 Å². The smallest absolute Gasteiger partial charge is 0.184 e. The summed E-state index contributed by atoms with van der Waals surface area (Å²) in [5.74, 6) is -0.564. The third-order valence-electron chi connectivity index (χ3n) is 2.35. The average molecular weight is 287 g/mol. The van der Waals surface area contributed by atoms with Crippen molar-refractivity contribution in [2.75, 3.05) is 0 Å². The zero-order chi connectivity index (χ0) is 13.1. The molecule has 0 aliphatic carbocycles. The number of para-hydroxylation sites is 1. The van der Waals surface area contributed by atoms with Crippen LogP contribution in [0.3, 0.4) is 0 Å². The van der Waals surface area contributed by atoms with Crippen LogP contribution in [0.5, 0.6) is 17.2 Å². The van der Waals surface area contributed by atoms with E-state index in [1.165, 1.54) is 18.2 Å². The Balaban J connectivity index is 2.43. The van der Waals surface area contributed by atoms with Crippen LogP contribution in [0.2, 0.25) is 5.02 Å². The first-order valence-corrected chi connectivity index (χ1v) is 6.03. The number of phenolic OH excluding ortho intramolecular Hbond substituents is 1. The van der Waals surface area contributed by atoms with Crippen LogP contribution in [0, 0.1) is 5.82 Å². The first-order valence-electron chi connectivity index (χ1n) is 5.12. The first-order chi connectivity index (χ1) is 8.63. The fourth-order valence-electron chi connectivity index (χ4n) is 1.47. The molecule has 2 rings (SSSR count). The fourth-order valence-corrected chi connectivity index (χ4v) is 1.84. The van der Waals surface area contributed by atoms with Gasteiger partial charge in [-0.1, -0.05) is 29.8 Å². The molecule has 0 radical (unpaired) electrons. The predicted molar refractivity (Wildman–Crippen MR) is 69.1 cm³/mol. The van der Waals surface area contributed by atoms with Crippen molar-refractivity contribution in [3.63, 3.8) is 0 Å². The molecule has 0 bridgehead atoms. The van der Waals surface area contributed by atoms with Gasteiger partial charge in [0.15, 0.2) is 23.1 Å². The summed E-state index contributed by atoms with van der Waals surface area (Å²) < 4.78 is 19.0. The number of halogens is 3. The monoisotopic (exact) mass is 286 g/mol. The summed E-state index contributed by atoms with van der Waals surface area (Å²) in [6, 6.07) is 9.15. The third-order valence-corrected chi connectivity index (χ3v) is 2.93. The van der Waals surface area contributed by atoms with Crippen LogP contribution >= 0.6 is 23.2 Å². The number of benzene rings is 2. The van der Waals surface area contributed by atoms with Crippen LogP contribution in [0.15, 0.2) is 36.4 Å². The summed E-state index contributed by atoms with van der Waals surface area (Å²) in [6.45, 7) is 0. The molecule has 0 heterocycles. The molecule has 0 spiro atoms. The maximum absolute atomic E-state index is 13.7. The largest absolute Gasteiger partial charge is 0.504 e. The van der Waals surface area contributed by atoms with E-state index in [-0.39, 0.29) is 28.2 Å². The van der Waals surface area contributed by atoms with Crippen LogP contribution in [-0.4, -0.2) is 5.11 Å². The number of rotatable bonds is 3. The Morgan fingerprint density at radius 2 is 1.89 bits per heavy atom. The molecule has 0 saturated heterocycles. The summed E-state index contributed by atoms with van der Waals surface area (Å²) >= 11 is 11.4. The van der Waals surface area contributed by atoms with Gasteiger partial charge in [0.1, 0.15) is 0 Å². The first kappa shape index (κ1) is 13.0. The quantitative estimate of drug-likeness (QED) is 0.828. The van der Waals surface area contributed by atoms with Crippen LogP contribution in [0.1, 0.15) is 5.56 Å². The number of phenols is 1. The molecule has 18 heavy (non-hydrogen) atoms. The van der Waals surface area contributed by atoms with E-state index in [2.05, 4.69) is 0 Å². The predicted octanol–water partition coefficient (Wildman–Crippen LogP) is 4.72. The van der Waals surface area contributed by atoms with Gasteiger partial charge in [0, 0.05) is 5.56 Å². The van der Waals surface area contributed by atoms with Crippen molar-refractivity contribution < 1.29 is 14.2 Å². The zero-order valence-corrected chi connectivity index (χ0v) is 10.7. The van der Waals surface area contributed by atoms with Crippen molar-refractivity contribution in [2.24, 2.45) is 0 Å². The topological polar surface area (TPSA) is 29.5 Å². The van der Waals surface area contributed by atoms with Gasteiger partial charge in [-0.3, -0.25) is 0 Å². The average Bonchev–Trinajstić information content (AvgIpc) is 2.37. The minimum Gasteiger partial charge on any atom is -0.504 e. The number of hydrogen-bond acceptors (Lipinski definition) is 2. The maximum Gasteiger partial charge on any atom is 0.184 e. The minimum absolute atomic E-state index is 0.0460. The van der Waals surface area contributed by atoms with E-state index in [1.807, 2.05) is 0 Å². The van der Waals surface area contributed by atoms with E-state index >= 15 is 0 Å². The maximum atomic E-state index is 13.7. The SMILES string of the molecule is Oc1cccc(CCl)c1Oc1cccc(Cl)c1F. The lowest BCUT2D eigenvalue weighted by Gasteiger charge is -2.12. The molecule has 0 aliphatic heterocycles. The number of alkyl halides is 1. The molecule has 0 fully saturated rings. The molecule has 1 N–H and O–H groups in total. The third kappa shape index (κ3) is 2.52. The second-order valence-electron chi connectivity index (χ2n) is 3.55. The van der Waals surface area contributed by atoms with Crippen molar-refractivity contribution >= 4 is 23.2 Å². The molecule has 0 atom stereocenters. The van der Waals surface area contributed by atoms with Gasteiger partial charge in [-0.25, -0.2) is 4.39 Å². The standard InChI is InChI=1S/C13H9Cl2FO2/c14-7-8-3-1-5-10(17)13(8)18-11-6-2-4-9(15)12(11)16/h1-6,17H,7H2. The van der Waals surface area contributed by atoms with Gasteiger partial charge in [-0.05, 0) is 18.2 Å². The van der Waals surface area contributed by atoms with E-state index in [9.17, 15) is 9.50 Å². The number of hydrogen-bond donors (Lipinski definition) is 1. The molecule has 0 aromatic heterocycles. The van der Waals surface area contributed by atoms with Gasteiger partial charge < -0.3 is 9.84 Å². The van der Waals surface area contributed by atoms with Gasteiger partial charge in [-0.15, -0.1) is 11.6 Å². The molecule has 2 nitrogen and oxygen atoms in total. The summed E-state index contributed by atoms with van der Waals surface area (Å²) in [5.41, 5.74) is 0.566. The molecular formula is C13H9Cl2FO2. The van der Waals surface area contributed by atoms with Crippen LogP contribution in [0.4, 0.5) is 4.39 Å². The van der Waals surface area contributed by atoms with Crippen molar-refractivity contribution in [1.29, 1.82) is 0 Å². The van der Waals surface area contributed by atoms with Crippen molar-refractivity contribution in [1.82, 2.24) is 0 Å². The Labute approximate surface area is 114 Å². The van der Waals surface area contributed by atoms with E-state index in [1.54, 1.807) is 18.2 Å². The van der Waals surface area contributed by atoms with Gasteiger partial charge in [0.05, 0.1) is 10.9 Å². The Kier molecular flexibility index (Phi) is 3.94. The molecule has 0 aliphatic rings. The second kappa shape index (κ2) is 5.46. The van der Waals surface area contributed by atoms with E-state index < -0.39 is 5.82 Å². The summed E-state index contributed by atoms with van der Waals surface area (Å²) in [6.07, 6.45) is 0. The van der Waals surface area contributed by atoms with Gasteiger partial charge >= 0.3 is 0 Å². The summed E-state index contributed by atoms with van der Waals surface area (Å²) in [7, 11) is 0. The molecule has 94 valence electrons. The summed E-state index contributed by atoms with van der Waals surface area (Å²) in [5, 5.41) is 9.66. The Hall–Kier alpha value is -1.45. The molecule has 2 aromatic rings. The fraction of sp³-hybridized carbons (Fsp3) is 0.0769. The Morgan fingerprint density at radius 1 is 1.17 bits per heavy atom. The van der Waals surface area contributed by atoms with Crippen LogP contribution in [-0.2, 0) is 5.88 Å². The molecule has 0 unspecified atom stereocenters. The lowest BCUT2D eigenvalue weighted by molar-refractivity contribution is 0.393. The molecular weight excluding hydrogens is 278 g/mol. The lowest BCUT2D eigenvalue weighted by Crippen LogP contribution is -1.93. The highest BCUT2D eigenvalue weighted by atomic mass is 35.5.